The van der Waals surface area contributed by atoms with Gasteiger partial charge in [-0.25, -0.2) is 15.0 Å². The normalized spacial score (nSPS) is 16.8. The summed E-state index contributed by atoms with van der Waals surface area (Å²) >= 11 is 0. The van der Waals surface area contributed by atoms with E-state index < -0.39 is 17.6 Å². The number of ether oxygens (including phenoxy) is 1. The lowest BCUT2D eigenvalue weighted by atomic mass is 9.78. The van der Waals surface area contributed by atoms with Crippen LogP contribution in [0.4, 0.5) is 4.79 Å². The molecule has 1 aromatic heterocycles. The Morgan fingerprint density at radius 2 is 1.82 bits per heavy atom. The number of aromatic hydroxyl groups is 1. The van der Waals surface area contributed by atoms with Crippen LogP contribution in [0, 0.1) is 5.92 Å². The van der Waals surface area contributed by atoms with Crippen molar-refractivity contribution >= 4 is 22.7 Å². The summed E-state index contributed by atoms with van der Waals surface area (Å²) in [5.41, 5.74) is 8.76. The molecule has 1 fully saturated rings. The van der Waals surface area contributed by atoms with E-state index >= 15 is 0 Å². The maximum atomic E-state index is 13.3. The number of nitrogens with one attached hydrogen (secondary N) is 1. The second-order valence-corrected chi connectivity index (χ2v) is 8.29. The number of amides is 2. The minimum absolute atomic E-state index is 0.122. The van der Waals surface area contributed by atoms with Crippen molar-refractivity contribution in [3.8, 4) is 5.75 Å². The Hall–Kier alpha value is -3.69. The monoisotopic (exact) mass is 464 g/mol. The molecule has 0 spiro atoms. The van der Waals surface area contributed by atoms with Crippen molar-refractivity contribution in [1.29, 1.82) is 0 Å². The molecule has 0 saturated carbocycles. The summed E-state index contributed by atoms with van der Waals surface area (Å²) in [4.78, 5) is 26.8. The van der Waals surface area contributed by atoms with Gasteiger partial charge in [-0.05, 0) is 24.6 Å². The number of primary amides is 1. The lowest BCUT2D eigenvalue weighted by molar-refractivity contribution is 0.0335. The van der Waals surface area contributed by atoms with Crippen LogP contribution in [0.2, 0.25) is 0 Å². The number of carbonyl (C=O) groups excluding carboxylic acids is 1. The van der Waals surface area contributed by atoms with Gasteiger partial charge in [-0.3, -0.25) is 4.90 Å². The molecule has 2 heterocycles. The molecular formula is C25H28N4O5. The van der Waals surface area contributed by atoms with Crippen LogP contribution in [0.15, 0.2) is 68.9 Å². The Morgan fingerprint density at radius 1 is 1.15 bits per heavy atom. The minimum atomic E-state index is -0.784. The summed E-state index contributed by atoms with van der Waals surface area (Å²) in [6.45, 7) is 4.92. The Kier molecular flexibility index (Phi) is 7.24. The third-order valence-electron chi connectivity index (χ3n) is 6.13. The van der Waals surface area contributed by atoms with E-state index in [9.17, 15) is 14.7 Å². The number of rotatable bonds is 7. The summed E-state index contributed by atoms with van der Waals surface area (Å²) in [6.07, 6.45) is 0. The van der Waals surface area contributed by atoms with Crippen LogP contribution in [0.1, 0.15) is 24.0 Å². The molecule has 0 bridgehead atoms. The molecule has 3 aromatic rings. The topological polar surface area (TPSA) is 130 Å². The Bertz CT molecular complexity index is 1240. The van der Waals surface area contributed by atoms with E-state index in [-0.39, 0.29) is 17.2 Å². The first-order valence-electron chi connectivity index (χ1n) is 11.1. The molecular weight excluding hydrogens is 436 g/mol. The van der Waals surface area contributed by atoms with E-state index in [1.54, 1.807) is 31.2 Å². The number of hydrogen-bond acceptors (Lipinski definition) is 7. The Balaban J connectivity index is 1.90. The van der Waals surface area contributed by atoms with E-state index in [1.807, 2.05) is 30.3 Å². The first-order valence-corrected chi connectivity index (χ1v) is 11.1. The van der Waals surface area contributed by atoms with Gasteiger partial charge in [0.2, 0.25) is 0 Å². The maximum Gasteiger partial charge on any atom is 0.343 e. The molecule has 1 aliphatic rings. The standard InChI is InChI=1S/C25H28N4O5/c1-16(27-28-25(26)32)19(15-29-11-13-33-14-12-29)21(17-7-3-2-4-8-17)22-23(30)18-9-5-6-10-20(18)34-24(22)31/h2-10,19,21,30H,11-15H2,1H3,(H3,26,28,32)/b27-16+/t19-,21+/m0/s1. The predicted molar refractivity (Wildman–Crippen MR) is 129 cm³/mol. The van der Waals surface area contributed by atoms with Gasteiger partial charge in [0.25, 0.3) is 0 Å². The molecule has 0 unspecified atom stereocenters. The van der Waals surface area contributed by atoms with E-state index in [4.69, 9.17) is 14.9 Å². The summed E-state index contributed by atoms with van der Waals surface area (Å²) in [5.74, 6) is -1.10. The summed E-state index contributed by atoms with van der Waals surface area (Å²) < 4.78 is 11.1. The van der Waals surface area contributed by atoms with Gasteiger partial charge >= 0.3 is 11.7 Å². The summed E-state index contributed by atoms with van der Waals surface area (Å²) in [5, 5.41) is 15.9. The largest absolute Gasteiger partial charge is 0.507 e. The SMILES string of the molecule is C/C(=N\NC(N)=O)[C@H](CN1CCOCC1)[C@@H](c1ccccc1)c1c(O)c2ccccc2oc1=O. The van der Waals surface area contributed by atoms with Gasteiger partial charge in [0.1, 0.15) is 11.3 Å². The van der Waals surface area contributed by atoms with Gasteiger partial charge < -0.3 is 20.0 Å². The van der Waals surface area contributed by atoms with Crippen LogP contribution >= 0.6 is 0 Å². The highest BCUT2D eigenvalue weighted by molar-refractivity contribution is 5.89. The molecule has 34 heavy (non-hydrogen) atoms. The number of carbonyl (C=O) groups is 1. The predicted octanol–water partition coefficient (Wildman–Crippen LogP) is 2.62. The van der Waals surface area contributed by atoms with E-state index in [1.165, 1.54) is 0 Å². The van der Waals surface area contributed by atoms with Gasteiger partial charge in [-0.2, -0.15) is 5.10 Å². The summed E-state index contributed by atoms with van der Waals surface area (Å²) in [7, 11) is 0. The smallest absolute Gasteiger partial charge is 0.343 e. The molecule has 0 radical (unpaired) electrons. The van der Waals surface area contributed by atoms with Gasteiger partial charge in [0, 0.05) is 37.2 Å². The maximum absolute atomic E-state index is 13.3. The molecule has 2 amide bonds. The zero-order valence-corrected chi connectivity index (χ0v) is 18.9. The van der Waals surface area contributed by atoms with Crippen LogP contribution in [-0.4, -0.2) is 54.6 Å². The molecule has 9 nitrogen and oxygen atoms in total. The molecule has 1 aliphatic heterocycles. The van der Waals surface area contributed by atoms with Crippen LogP contribution in [0.25, 0.3) is 11.0 Å². The van der Waals surface area contributed by atoms with E-state index in [0.29, 0.717) is 49.5 Å². The van der Waals surface area contributed by atoms with Crippen molar-refractivity contribution in [3.63, 3.8) is 0 Å². The second kappa shape index (κ2) is 10.5. The van der Waals surface area contributed by atoms with Gasteiger partial charge in [0.15, 0.2) is 0 Å². The van der Waals surface area contributed by atoms with E-state index in [0.717, 1.165) is 5.56 Å². The number of hydrogen-bond donors (Lipinski definition) is 3. The van der Waals surface area contributed by atoms with Crippen molar-refractivity contribution in [2.75, 3.05) is 32.8 Å². The quantitative estimate of drug-likeness (QED) is 0.280. The third-order valence-corrected chi connectivity index (χ3v) is 6.13. The highest BCUT2D eigenvalue weighted by atomic mass is 16.5. The van der Waals surface area contributed by atoms with Gasteiger partial charge in [-0.1, -0.05) is 42.5 Å². The van der Waals surface area contributed by atoms with Gasteiger partial charge in [-0.15, -0.1) is 0 Å². The first-order chi connectivity index (χ1) is 16.5. The fraction of sp³-hybridized carbons (Fsp3) is 0.320. The first kappa shape index (κ1) is 23.5. The number of urea groups is 1. The molecule has 9 heteroatoms. The third kappa shape index (κ3) is 5.11. The van der Waals surface area contributed by atoms with E-state index in [2.05, 4.69) is 15.4 Å². The zero-order chi connectivity index (χ0) is 24.1. The Labute approximate surface area is 196 Å². The number of nitrogens with two attached hydrogens (primary N) is 1. The number of nitrogens with zero attached hydrogens (tertiary/aromatic N) is 2. The zero-order valence-electron chi connectivity index (χ0n) is 18.9. The number of benzene rings is 2. The lowest BCUT2D eigenvalue weighted by Gasteiger charge is -2.34. The molecule has 0 aliphatic carbocycles. The molecule has 4 N–H and O–H groups in total. The fourth-order valence-corrected chi connectivity index (χ4v) is 4.45. The van der Waals surface area contributed by atoms with Crippen molar-refractivity contribution in [1.82, 2.24) is 10.3 Å². The second-order valence-electron chi connectivity index (χ2n) is 8.29. The number of fused-ring (bicyclic) bond motifs is 1. The number of para-hydroxylation sites is 1. The highest BCUT2D eigenvalue weighted by Crippen LogP contribution is 2.39. The summed E-state index contributed by atoms with van der Waals surface area (Å²) in [6, 6.07) is 15.5. The number of hydrazone groups is 1. The lowest BCUT2D eigenvalue weighted by Crippen LogP contribution is -2.43. The van der Waals surface area contributed by atoms with Gasteiger partial charge in [0.05, 0.1) is 24.2 Å². The fourth-order valence-electron chi connectivity index (χ4n) is 4.45. The van der Waals surface area contributed by atoms with Crippen molar-refractivity contribution in [2.24, 2.45) is 16.8 Å². The van der Waals surface area contributed by atoms with Crippen molar-refractivity contribution in [3.05, 3.63) is 76.1 Å². The van der Waals surface area contributed by atoms with Crippen LogP contribution in [0.5, 0.6) is 5.75 Å². The van der Waals surface area contributed by atoms with Crippen molar-refractivity contribution in [2.45, 2.75) is 12.8 Å². The Morgan fingerprint density at radius 3 is 2.53 bits per heavy atom. The van der Waals surface area contributed by atoms with Crippen LogP contribution in [-0.2, 0) is 4.74 Å². The molecule has 4 rings (SSSR count). The average Bonchev–Trinajstić information content (AvgIpc) is 2.85. The van der Waals surface area contributed by atoms with Crippen molar-refractivity contribution < 1.29 is 19.1 Å². The highest BCUT2D eigenvalue weighted by Gasteiger charge is 2.35. The average molecular weight is 465 g/mol. The number of morpholine rings is 1. The van der Waals surface area contributed by atoms with Crippen LogP contribution < -0.4 is 16.8 Å². The molecule has 2 atom stereocenters. The molecule has 178 valence electrons. The van der Waals surface area contributed by atoms with Crippen LogP contribution in [0.3, 0.4) is 0 Å². The minimum Gasteiger partial charge on any atom is -0.507 e. The molecule has 1 saturated heterocycles. The molecule has 2 aromatic carbocycles.